The van der Waals surface area contributed by atoms with Crippen LogP contribution in [0.1, 0.15) is 24.3 Å². The van der Waals surface area contributed by atoms with Crippen molar-refractivity contribution in [2.45, 2.75) is 28.5 Å². The highest BCUT2D eigenvalue weighted by Gasteiger charge is 2.76. The molecule has 6 rings (SSSR count). The Morgan fingerprint density at radius 3 is 2.35 bits per heavy atom. The number of carbonyl (C=O) groups is 5. The summed E-state index contributed by atoms with van der Waals surface area (Å²) in [5.41, 5.74) is 6.47. The van der Waals surface area contributed by atoms with Crippen LogP contribution in [0.15, 0.2) is 48.0 Å². The fraction of sp³-hybridized carbons (Fsp3) is 0.346. The largest absolute Gasteiger partial charge is 0.507 e. The van der Waals surface area contributed by atoms with Gasteiger partial charge in [-0.2, -0.15) is 4.90 Å². The van der Waals surface area contributed by atoms with E-state index in [-0.39, 0.29) is 18.6 Å². The Kier molecular flexibility index (Phi) is 4.88. The number of rotatable bonds is 1. The number of hydrogen-bond acceptors (Lipinski definition) is 6. The van der Waals surface area contributed by atoms with Gasteiger partial charge in [0.2, 0.25) is 11.8 Å². The van der Waals surface area contributed by atoms with Gasteiger partial charge in [0, 0.05) is 18.4 Å². The number of urea groups is 1. The average Bonchev–Trinajstić information content (AvgIpc) is 3.20. The third-order valence-corrected chi connectivity index (χ3v) is 9.89. The number of carbonyl (C=O) groups excluding carboxylic acids is 5. The first-order valence-corrected chi connectivity index (χ1v) is 12.5. The first-order chi connectivity index (χ1) is 17.4. The second kappa shape index (κ2) is 7.55. The van der Waals surface area contributed by atoms with E-state index >= 15 is 0 Å². The first kappa shape index (κ1) is 23.9. The summed E-state index contributed by atoms with van der Waals surface area (Å²) in [6.45, 7) is 0. The zero-order valence-electron chi connectivity index (χ0n) is 19.5. The summed E-state index contributed by atoms with van der Waals surface area (Å²) in [6.07, 6.45) is 1.71. The predicted molar refractivity (Wildman–Crippen MR) is 133 cm³/mol. The molecule has 6 amide bonds. The van der Waals surface area contributed by atoms with Gasteiger partial charge < -0.3 is 10.8 Å². The van der Waals surface area contributed by atoms with Gasteiger partial charge in [-0.05, 0) is 35.8 Å². The lowest BCUT2D eigenvalue weighted by Crippen LogP contribution is -2.60. The zero-order chi connectivity index (χ0) is 26.6. The Morgan fingerprint density at radius 2 is 1.68 bits per heavy atom. The number of hydrogen-bond donors (Lipinski definition) is 2. The van der Waals surface area contributed by atoms with E-state index in [2.05, 4.69) is 0 Å². The molecule has 0 spiro atoms. The van der Waals surface area contributed by atoms with Crippen molar-refractivity contribution in [3.63, 3.8) is 0 Å². The molecule has 2 aliphatic heterocycles. The number of alkyl halides is 2. The lowest BCUT2D eigenvalue weighted by Gasteiger charge is -2.51. The van der Waals surface area contributed by atoms with Gasteiger partial charge in [-0.1, -0.05) is 42.0 Å². The van der Waals surface area contributed by atoms with Crippen LogP contribution in [0.3, 0.4) is 0 Å². The molecule has 2 saturated heterocycles. The van der Waals surface area contributed by atoms with E-state index in [1.807, 2.05) is 0 Å². The topological polar surface area (TPSA) is 138 Å². The maximum atomic E-state index is 13.6. The summed E-state index contributed by atoms with van der Waals surface area (Å²) in [7, 11) is 1.31. The molecule has 2 heterocycles. The number of allylic oxidation sites excluding steroid dienone is 2. The van der Waals surface area contributed by atoms with E-state index in [1.54, 1.807) is 36.4 Å². The van der Waals surface area contributed by atoms with Gasteiger partial charge in [0.25, 0.3) is 11.8 Å². The van der Waals surface area contributed by atoms with Crippen molar-refractivity contribution in [3.05, 3.63) is 53.6 Å². The van der Waals surface area contributed by atoms with Gasteiger partial charge in [-0.15, -0.1) is 23.2 Å². The normalized spacial score (nSPS) is 34.9. The van der Waals surface area contributed by atoms with Crippen LogP contribution < -0.4 is 5.73 Å². The lowest BCUT2D eigenvalue weighted by molar-refractivity contribution is -0.139. The number of aromatic hydroxyl groups is 1. The summed E-state index contributed by atoms with van der Waals surface area (Å²) in [5.74, 6) is -6.37. The van der Waals surface area contributed by atoms with Crippen molar-refractivity contribution < 1.29 is 29.1 Å². The lowest BCUT2D eigenvalue weighted by atomic mass is 9.56. The summed E-state index contributed by atoms with van der Waals surface area (Å²) < 4.78 is 0. The smallest absolute Gasteiger partial charge is 0.328 e. The molecular weight excluding hydrogens is 521 g/mol. The van der Waals surface area contributed by atoms with Crippen molar-refractivity contribution in [1.82, 2.24) is 9.80 Å². The molecule has 3 fully saturated rings. The molecule has 37 heavy (non-hydrogen) atoms. The monoisotopic (exact) mass is 541 g/mol. The third kappa shape index (κ3) is 2.73. The van der Waals surface area contributed by atoms with E-state index in [4.69, 9.17) is 28.9 Å². The maximum Gasteiger partial charge on any atom is 0.328 e. The highest BCUT2D eigenvalue weighted by molar-refractivity contribution is 6.53. The quantitative estimate of drug-likeness (QED) is 0.323. The molecule has 9 nitrogen and oxygen atoms in total. The van der Waals surface area contributed by atoms with Crippen LogP contribution in [0.25, 0.3) is 10.8 Å². The number of imide groups is 4. The van der Waals surface area contributed by atoms with Gasteiger partial charge in [-0.25, -0.2) is 4.79 Å². The molecule has 4 aliphatic rings. The van der Waals surface area contributed by atoms with Crippen LogP contribution in [0.2, 0.25) is 0 Å². The molecule has 11 heteroatoms. The number of primary amides is 1. The highest BCUT2D eigenvalue weighted by atomic mass is 35.5. The molecular formula is C26H21Cl2N3O6. The zero-order valence-corrected chi connectivity index (χ0v) is 21.0. The van der Waals surface area contributed by atoms with E-state index in [1.165, 1.54) is 13.1 Å². The summed E-state index contributed by atoms with van der Waals surface area (Å²) in [4.78, 5) is 62.8. The number of fused-ring (bicyclic) bond motifs is 5. The Labute approximate surface area is 220 Å². The number of nitrogens with zero attached hydrogens (tertiary/aromatic N) is 2. The predicted octanol–water partition coefficient (Wildman–Crippen LogP) is 2.61. The Hall–Kier alpha value is -3.43. The van der Waals surface area contributed by atoms with Crippen LogP contribution >= 0.6 is 23.2 Å². The minimum atomic E-state index is -1.94. The van der Waals surface area contributed by atoms with Crippen molar-refractivity contribution >= 4 is 63.6 Å². The van der Waals surface area contributed by atoms with Crippen LogP contribution in [0.4, 0.5) is 4.79 Å². The second-order valence-electron chi connectivity index (χ2n) is 10.1. The standard InChI is InChI=1S/C26H21Cl2N3O6/c1-30-22(35)25(27)10-16-14(6-7-15-18(16)21(34)31(20(15)33)24(29)37)19(26(25,28)23(30)36)13-8-9-17(32)12-5-3-2-4-11(12)13/h2-6,8-9,15-16,18-19,32H,7,10H2,1H3,(H2,29,37). The molecule has 190 valence electrons. The van der Waals surface area contributed by atoms with Crippen LogP contribution in [0, 0.1) is 17.8 Å². The van der Waals surface area contributed by atoms with Crippen LogP contribution in [0.5, 0.6) is 5.75 Å². The van der Waals surface area contributed by atoms with E-state index in [9.17, 15) is 29.1 Å². The van der Waals surface area contributed by atoms with E-state index in [0.717, 1.165) is 4.90 Å². The number of phenolic OH excluding ortho intramolecular Hbond substituents is 1. The minimum absolute atomic E-state index is 0.0183. The number of halogens is 2. The number of amides is 6. The molecule has 6 atom stereocenters. The summed E-state index contributed by atoms with van der Waals surface area (Å²) >= 11 is 14.3. The number of likely N-dealkylation sites (tertiary alicyclic amines) is 2. The molecule has 3 N–H and O–H groups in total. The number of nitrogens with two attached hydrogens (primary N) is 1. The van der Waals surface area contributed by atoms with Gasteiger partial charge in [0.15, 0.2) is 9.75 Å². The third-order valence-electron chi connectivity index (χ3n) is 8.48. The molecule has 0 radical (unpaired) electrons. The Balaban J connectivity index is 1.63. The Morgan fingerprint density at radius 1 is 1.00 bits per heavy atom. The fourth-order valence-electron chi connectivity index (χ4n) is 6.86. The molecule has 2 aromatic rings. The number of benzene rings is 2. The van der Waals surface area contributed by atoms with Crippen LogP contribution in [-0.2, 0) is 19.2 Å². The summed E-state index contributed by atoms with van der Waals surface area (Å²) in [6, 6.07) is 8.94. The van der Waals surface area contributed by atoms with Gasteiger partial charge >= 0.3 is 6.03 Å². The SMILES string of the molecule is CN1C(=O)C2(Cl)CC3C(=CCC4C(=O)N(C(N)=O)C(=O)C43)C(c3ccc(O)c4ccccc34)C2(Cl)C1=O. The van der Waals surface area contributed by atoms with Crippen LogP contribution in [-0.4, -0.2) is 61.4 Å². The van der Waals surface area contributed by atoms with Gasteiger partial charge in [-0.3, -0.25) is 24.1 Å². The van der Waals surface area contributed by atoms with Crippen molar-refractivity contribution in [1.29, 1.82) is 0 Å². The van der Waals surface area contributed by atoms with E-state index in [0.29, 0.717) is 26.8 Å². The molecule has 6 unspecified atom stereocenters. The highest BCUT2D eigenvalue weighted by Crippen LogP contribution is 2.65. The first-order valence-electron chi connectivity index (χ1n) is 11.7. The Bertz CT molecular complexity index is 1510. The van der Waals surface area contributed by atoms with Gasteiger partial charge in [0.1, 0.15) is 5.75 Å². The van der Waals surface area contributed by atoms with Gasteiger partial charge in [0.05, 0.1) is 11.8 Å². The molecule has 2 aromatic carbocycles. The minimum Gasteiger partial charge on any atom is -0.507 e. The maximum absolute atomic E-state index is 13.6. The van der Waals surface area contributed by atoms with E-state index < -0.39 is 63.1 Å². The van der Waals surface area contributed by atoms with Crippen molar-refractivity contribution in [2.24, 2.45) is 23.5 Å². The number of phenols is 1. The molecule has 1 saturated carbocycles. The van der Waals surface area contributed by atoms with Crippen molar-refractivity contribution in [2.75, 3.05) is 7.05 Å². The molecule has 0 bridgehead atoms. The fourth-order valence-corrected chi connectivity index (χ4v) is 7.88. The molecule has 0 aromatic heterocycles. The second-order valence-corrected chi connectivity index (χ2v) is 11.3. The summed E-state index contributed by atoms with van der Waals surface area (Å²) in [5, 5.41) is 11.6. The average molecular weight is 542 g/mol. The van der Waals surface area contributed by atoms with Crippen molar-refractivity contribution in [3.8, 4) is 5.75 Å². The molecule has 2 aliphatic carbocycles.